The van der Waals surface area contributed by atoms with E-state index in [-0.39, 0.29) is 17.7 Å². The predicted molar refractivity (Wildman–Crippen MR) is 84.8 cm³/mol. The number of amides is 2. The Labute approximate surface area is 137 Å². The first kappa shape index (κ1) is 18.7. The fourth-order valence-corrected chi connectivity index (χ4v) is 2.28. The zero-order valence-corrected chi connectivity index (χ0v) is 13.6. The number of carbonyl (C=O) groups is 3. The molecule has 1 aromatic heterocycles. The fourth-order valence-electron chi connectivity index (χ4n) is 1.51. The summed E-state index contributed by atoms with van der Waals surface area (Å²) in [6, 6.07) is 1.93. The van der Waals surface area contributed by atoms with Gasteiger partial charge in [0.2, 0.25) is 5.91 Å². The Balaban J connectivity index is 2.76. The van der Waals surface area contributed by atoms with Crippen molar-refractivity contribution in [3.05, 3.63) is 21.9 Å². The van der Waals surface area contributed by atoms with Crippen LogP contribution in [0.2, 0.25) is 0 Å². The standard InChI is InChI=1S/C15H18N2O5S/c1-15(2,22)8-7-9-3-5-11(23-9)13(19)17-10(14(20)21)4-6-12(16)18/h3,5,10,22H,4,6H2,1-2H3,(H2,16,18)(H,17,19)(H,20,21). The van der Waals surface area contributed by atoms with Crippen LogP contribution in [0.4, 0.5) is 0 Å². The summed E-state index contributed by atoms with van der Waals surface area (Å²) < 4.78 is 0. The molecule has 2 amide bonds. The maximum Gasteiger partial charge on any atom is 0.326 e. The van der Waals surface area contributed by atoms with Crippen LogP contribution in [0.3, 0.4) is 0 Å². The number of carboxylic acids is 1. The maximum atomic E-state index is 12.0. The molecule has 0 radical (unpaired) electrons. The lowest BCUT2D eigenvalue weighted by molar-refractivity contribution is -0.139. The average Bonchev–Trinajstić information content (AvgIpc) is 2.88. The lowest BCUT2D eigenvalue weighted by Gasteiger charge is -2.12. The average molecular weight is 338 g/mol. The van der Waals surface area contributed by atoms with Crippen molar-refractivity contribution in [2.24, 2.45) is 5.73 Å². The van der Waals surface area contributed by atoms with E-state index in [1.165, 1.54) is 19.9 Å². The van der Waals surface area contributed by atoms with Gasteiger partial charge in [-0.15, -0.1) is 11.3 Å². The second-order valence-corrected chi connectivity index (χ2v) is 6.43. The molecule has 0 saturated heterocycles. The summed E-state index contributed by atoms with van der Waals surface area (Å²) in [5.74, 6) is 2.92. The van der Waals surface area contributed by atoms with Crippen LogP contribution < -0.4 is 11.1 Å². The summed E-state index contributed by atoms with van der Waals surface area (Å²) in [6.45, 7) is 3.08. The molecule has 0 aliphatic heterocycles. The lowest BCUT2D eigenvalue weighted by Crippen LogP contribution is -2.41. The molecule has 0 aromatic carbocycles. The van der Waals surface area contributed by atoms with Crippen LogP contribution in [0, 0.1) is 11.8 Å². The number of rotatable bonds is 6. The van der Waals surface area contributed by atoms with Crippen molar-refractivity contribution >= 4 is 29.1 Å². The van der Waals surface area contributed by atoms with Crippen LogP contribution >= 0.6 is 11.3 Å². The third-order valence-electron chi connectivity index (χ3n) is 2.60. The molecule has 1 aromatic rings. The Morgan fingerprint density at radius 2 is 2.04 bits per heavy atom. The molecule has 0 bridgehead atoms. The van der Waals surface area contributed by atoms with Crippen LogP contribution in [0.25, 0.3) is 0 Å². The summed E-state index contributed by atoms with van der Waals surface area (Å²) >= 11 is 1.08. The number of carbonyl (C=O) groups excluding carboxylic acids is 2. The largest absolute Gasteiger partial charge is 0.480 e. The Bertz CT molecular complexity index is 663. The fraction of sp³-hybridized carbons (Fsp3) is 0.400. The van der Waals surface area contributed by atoms with Gasteiger partial charge in [0, 0.05) is 6.42 Å². The van der Waals surface area contributed by atoms with E-state index in [0.29, 0.717) is 4.88 Å². The molecular weight excluding hydrogens is 320 g/mol. The number of aliphatic hydroxyl groups is 1. The number of nitrogens with two attached hydrogens (primary N) is 1. The first-order valence-electron chi connectivity index (χ1n) is 6.76. The van der Waals surface area contributed by atoms with Crippen molar-refractivity contribution in [1.29, 1.82) is 0 Å². The summed E-state index contributed by atoms with van der Waals surface area (Å²) in [4.78, 5) is 34.7. The molecule has 0 aliphatic rings. The molecule has 7 nitrogen and oxygen atoms in total. The monoisotopic (exact) mass is 338 g/mol. The van der Waals surface area contributed by atoms with Crippen molar-refractivity contribution < 1.29 is 24.6 Å². The van der Waals surface area contributed by atoms with Gasteiger partial charge >= 0.3 is 5.97 Å². The van der Waals surface area contributed by atoms with Gasteiger partial charge in [0.05, 0.1) is 9.75 Å². The minimum atomic E-state index is -1.24. The summed E-state index contributed by atoms with van der Waals surface area (Å²) in [6.07, 6.45) is -0.211. The van der Waals surface area contributed by atoms with Crippen LogP contribution in [-0.2, 0) is 9.59 Å². The van der Waals surface area contributed by atoms with Crippen molar-refractivity contribution in [1.82, 2.24) is 5.32 Å². The van der Waals surface area contributed by atoms with E-state index in [0.717, 1.165) is 11.3 Å². The van der Waals surface area contributed by atoms with E-state index in [9.17, 15) is 19.5 Å². The Morgan fingerprint density at radius 1 is 1.39 bits per heavy atom. The van der Waals surface area contributed by atoms with E-state index < -0.39 is 29.4 Å². The first-order chi connectivity index (χ1) is 10.6. The lowest BCUT2D eigenvalue weighted by atomic mass is 10.1. The van der Waals surface area contributed by atoms with Gasteiger partial charge in [0.1, 0.15) is 11.6 Å². The van der Waals surface area contributed by atoms with Gasteiger partial charge in [-0.3, -0.25) is 9.59 Å². The smallest absolute Gasteiger partial charge is 0.326 e. The highest BCUT2D eigenvalue weighted by Gasteiger charge is 2.22. The molecule has 1 rings (SSSR count). The van der Waals surface area contributed by atoms with Crippen molar-refractivity contribution in [3.63, 3.8) is 0 Å². The summed E-state index contributed by atoms with van der Waals surface area (Å²) in [5, 5.41) is 20.9. The number of nitrogens with one attached hydrogen (secondary N) is 1. The van der Waals surface area contributed by atoms with E-state index in [1.807, 2.05) is 0 Å². The van der Waals surface area contributed by atoms with Crippen molar-refractivity contribution in [2.75, 3.05) is 0 Å². The maximum absolute atomic E-state index is 12.0. The number of primary amides is 1. The van der Waals surface area contributed by atoms with E-state index in [2.05, 4.69) is 17.2 Å². The number of hydrogen-bond acceptors (Lipinski definition) is 5. The topological polar surface area (TPSA) is 130 Å². The second-order valence-electron chi connectivity index (χ2n) is 5.34. The third kappa shape index (κ3) is 6.95. The zero-order chi connectivity index (χ0) is 17.6. The first-order valence-corrected chi connectivity index (χ1v) is 7.57. The Morgan fingerprint density at radius 3 is 2.57 bits per heavy atom. The molecule has 1 unspecified atom stereocenters. The second kappa shape index (κ2) is 7.76. The van der Waals surface area contributed by atoms with Crippen LogP contribution in [0.15, 0.2) is 12.1 Å². The molecular formula is C15H18N2O5S. The highest BCUT2D eigenvalue weighted by molar-refractivity contribution is 7.14. The minimum absolute atomic E-state index is 0.0762. The number of aliphatic carboxylic acids is 1. The molecule has 0 saturated carbocycles. The Hall–Kier alpha value is -2.37. The van der Waals surface area contributed by atoms with Gasteiger partial charge in [0.15, 0.2) is 0 Å². The van der Waals surface area contributed by atoms with E-state index in [1.54, 1.807) is 6.07 Å². The summed E-state index contributed by atoms with van der Waals surface area (Å²) in [5.41, 5.74) is 3.83. The van der Waals surface area contributed by atoms with E-state index in [4.69, 9.17) is 10.8 Å². The van der Waals surface area contributed by atoms with Gasteiger partial charge in [-0.25, -0.2) is 4.79 Å². The normalized spacial score (nSPS) is 12.0. The number of thiophene rings is 1. The molecule has 1 atom stereocenters. The zero-order valence-electron chi connectivity index (χ0n) is 12.8. The highest BCUT2D eigenvalue weighted by atomic mass is 32.1. The third-order valence-corrected chi connectivity index (χ3v) is 3.60. The van der Waals surface area contributed by atoms with Gasteiger partial charge in [-0.05, 0) is 32.4 Å². The van der Waals surface area contributed by atoms with Crippen molar-refractivity contribution in [2.45, 2.75) is 38.3 Å². The van der Waals surface area contributed by atoms with Gasteiger partial charge < -0.3 is 21.3 Å². The van der Waals surface area contributed by atoms with Gasteiger partial charge in [-0.2, -0.15) is 0 Å². The Kier molecular flexibility index (Phi) is 6.30. The van der Waals surface area contributed by atoms with Crippen LogP contribution in [-0.4, -0.2) is 39.6 Å². The highest BCUT2D eigenvalue weighted by Crippen LogP contribution is 2.16. The molecule has 23 heavy (non-hydrogen) atoms. The molecule has 0 spiro atoms. The van der Waals surface area contributed by atoms with E-state index >= 15 is 0 Å². The van der Waals surface area contributed by atoms with Crippen LogP contribution in [0.1, 0.15) is 41.2 Å². The number of hydrogen-bond donors (Lipinski definition) is 4. The van der Waals surface area contributed by atoms with Gasteiger partial charge in [0.25, 0.3) is 5.91 Å². The molecule has 0 aliphatic carbocycles. The summed E-state index contributed by atoms with van der Waals surface area (Å²) in [7, 11) is 0. The van der Waals surface area contributed by atoms with Crippen LogP contribution in [0.5, 0.6) is 0 Å². The molecule has 5 N–H and O–H groups in total. The van der Waals surface area contributed by atoms with Crippen molar-refractivity contribution in [3.8, 4) is 11.8 Å². The molecule has 0 fully saturated rings. The molecule has 124 valence electrons. The predicted octanol–water partition coefficient (Wildman–Crippen LogP) is 0.319. The number of carboxylic acid groups (broad SMARTS) is 1. The minimum Gasteiger partial charge on any atom is -0.480 e. The van der Waals surface area contributed by atoms with Gasteiger partial charge in [-0.1, -0.05) is 11.8 Å². The SMILES string of the molecule is CC(C)(O)C#Cc1ccc(C(=O)NC(CCC(N)=O)C(=O)O)s1. The quantitative estimate of drug-likeness (QED) is 0.555. The molecule has 1 heterocycles. The molecule has 8 heteroatoms.